The van der Waals surface area contributed by atoms with Gasteiger partial charge >= 0.3 is 0 Å². The fourth-order valence-corrected chi connectivity index (χ4v) is 7.93. The van der Waals surface area contributed by atoms with E-state index in [9.17, 15) is 0 Å². The number of benzene rings is 8. The molecule has 11 rings (SSSR count). The molecule has 11 aromatic rings. The smallest absolute Gasteiger partial charge is 0.164 e. The van der Waals surface area contributed by atoms with Gasteiger partial charge < -0.3 is 8.97 Å². The Labute approximate surface area is 298 Å². The predicted octanol–water partition coefficient (Wildman–Crippen LogP) is 11.7. The first-order chi connectivity index (χ1) is 25.8. The largest absolute Gasteiger partial charge is 0.308 e. The molecule has 5 nitrogen and oxygen atoms in total. The van der Waals surface area contributed by atoms with Crippen LogP contribution in [0.25, 0.3) is 99.8 Å². The van der Waals surface area contributed by atoms with Crippen LogP contribution in [0.15, 0.2) is 176 Å². The zero-order chi connectivity index (χ0) is 34.2. The van der Waals surface area contributed by atoms with Crippen molar-refractivity contribution in [2.75, 3.05) is 0 Å². The van der Waals surface area contributed by atoms with Crippen LogP contribution in [-0.2, 0) is 0 Å². The van der Waals surface area contributed by atoms with Crippen molar-refractivity contribution in [3.8, 4) is 39.9 Å². The third-order valence-corrected chi connectivity index (χ3v) is 10.3. The molecule has 0 atom stereocenters. The molecule has 0 saturated carbocycles. The normalized spacial score (nSPS) is 11.8. The molecule has 3 heterocycles. The molecule has 3 aromatic heterocycles. The SMILES string of the molecule is c1ccc(-c2nc(-c3ccc(-n4c5cccc6ccc7c8ccccc8n(c8ccccc84)c7c65)cc3)nc(-c3ccc4ccccc4c3)n2)cc1. The van der Waals surface area contributed by atoms with E-state index >= 15 is 0 Å². The summed E-state index contributed by atoms with van der Waals surface area (Å²) in [6.07, 6.45) is 0. The Morgan fingerprint density at radius 2 is 0.923 bits per heavy atom. The summed E-state index contributed by atoms with van der Waals surface area (Å²) in [5.74, 6) is 1.93. The summed E-state index contributed by atoms with van der Waals surface area (Å²) in [5.41, 5.74) is 9.74. The van der Waals surface area contributed by atoms with Gasteiger partial charge in [0.1, 0.15) is 0 Å². The van der Waals surface area contributed by atoms with Gasteiger partial charge in [0.2, 0.25) is 0 Å². The average molecular weight is 664 g/mol. The number of rotatable bonds is 4. The summed E-state index contributed by atoms with van der Waals surface area (Å²) >= 11 is 0. The molecule has 0 fully saturated rings. The number of fused-ring (bicyclic) bond motifs is 6. The number of aromatic nitrogens is 5. The molecule has 5 heteroatoms. The van der Waals surface area contributed by atoms with Crippen LogP contribution in [0.4, 0.5) is 0 Å². The molecule has 0 aliphatic heterocycles. The van der Waals surface area contributed by atoms with E-state index in [1.54, 1.807) is 0 Å². The highest BCUT2D eigenvalue weighted by Gasteiger charge is 2.19. The zero-order valence-corrected chi connectivity index (χ0v) is 28.0. The summed E-state index contributed by atoms with van der Waals surface area (Å²) < 4.78 is 4.84. The van der Waals surface area contributed by atoms with E-state index in [1.165, 1.54) is 38.0 Å². The van der Waals surface area contributed by atoms with Gasteiger partial charge in [-0.15, -0.1) is 0 Å². The average Bonchev–Trinajstić information content (AvgIpc) is 3.49. The molecular formula is C47H29N5. The molecule has 52 heavy (non-hydrogen) atoms. The highest BCUT2D eigenvalue weighted by atomic mass is 15.0. The van der Waals surface area contributed by atoms with Crippen LogP contribution < -0.4 is 0 Å². The second-order valence-electron chi connectivity index (χ2n) is 13.3. The van der Waals surface area contributed by atoms with Gasteiger partial charge in [-0.3, -0.25) is 0 Å². The second-order valence-corrected chi connectivity index (χ2v) is 13.3. The first-order valence-corrected chi connectivity index (χ1v) is 17.5. The Balaban J connectivity index is 1.14. The molecule has 0 amide bonds. The predicted molar refractivity (Wildman–Crippen MR) is 214 cm³/mol. The number of para-hydroxylation sites is 3. The molecule has 0 N–H and O–H groups in total. The minimum atomic E-state index is 0.633. The van der Waals surface area contributed by atoms with Crippen molar-refractivity contribution in [2.45, 2.75) is 0 Å². The lowest BCUT2D eigenvalue weighted by Gasteiger charge is -2.14. The summed E-state index contributed by atoms with van der Waals surface area (Å²) in [7, 11) is 0. The van der Waals surface area contributed by atoms with Gasteiger partial charge in [-0.2, -0.15) is 0 Å². The van der Waals surface area contributed by atoms with E-state index in [-0.39, 0.29) is 0 Å². The lowest BCUT2D eigenvalue weighted by molar-refractivity contribution is 1.07. The maximum atomic E-state index is 5.07. The molecule has 0 spiro atoms. The second kappa shape index (κ2) is 11.2. The Kier molecular flexibility index (Phi) is 6.18. The summed E-state index contributed by atoms with van der Waals surface area (Å²) in [5, 5.41) is 7.30. The molecule has 0 radical (unpaired) electrons. The van der Waals surface area contributed by atoms with E-state index in [1.807, 2.05) is 30.3 Å². The zero-order valence-electron chi connectivity index (χ0n) is 28.0. The minimum Gasteiger partial charge on any atom is -0.308 e. The highest BCUT2D eigenvalue weighted by Crippen LogP contribution is 2.40. The van der Waals surface area contributed by atoms with Crippen LogP contribution in [0.1, 0.15) is 0 Å². The maximum absolute atomic E-state index is 5.07. The van der Waals surface area contributed by atoms with Crippen LogP contribution in [0.2, 0.25) is 0 Å². The van der Waals surface area contributed by atoms with Gasteiger partial charge in [0, 0.05) is 38.5 Å². The Bertz CT molecular complexity index is 3160. The van der Waals surface area contributed by atoms with Gasteiger partial charge in [0.15, 0.2) is 17.5 Å². The summed E-state index contributed by atoms with van der Waals surface area (Å²) in [4.78, 5) is 15.1. The lowest BCUT2D eigenvalue weighted by Crippen LogP contribution is -2.01. The number of nitrogens with zero attached hydrogens (tertiary/aromatic N) is 5. The topological polar surface area (TPSA) is 48.0 Å². The van der Waals surface area contributed by atoms with Crippen LogP contribution >= 0.6 is 0 Å². The van der Waals surface area contributed by atoms with Gasteiger partial charge in [-0.25, -0.2) is 15.0 Å². The molecule has 8 aromatic carbocycles. The van der Waals surface area contributed by atoms with E-state index < -0.39 is 0 Å². The third kappa shape index (κ3) is 4.33. The molecule has 0 aliphatic carbocycles. The van der Waals surface area contributed by atoms with E-state index in [4.69, 9.17) is 15.0 Å². The molecular weight excluding hydrogens is 635 g/mol. The molecule has 0 unspecified atom stereocenters. The van der Waals surface area contributed by atoms with Crippen molar-refractivity contribution in [3.63, 3.8) is 0 Å². The summed E-state index contributed by atoms with van der Waals surface area (Å²) in [6, 6.07) is 62.1. The Morgan fingerprint density at radius 3 is 1.73 bits per heavy atom. The maximum Gasteiger partial charge on any atom is 0.164 e. The molecule has 242 valence electrons. The minimum absolute atomic E-state index is 0.633. The molecule has 0 aliphatic rings. The van der Waals surface area contributed by atoms with Crippen molar-refractivity contribution >= 4 is 59.9 Å². The number of hydrogen-bond donors (Lipinski definition) is 0. The fraction of sp³-hybridized carbons (Fsp3) is 0. The van der Waals surface area contributed by atoms with Crippen molar-refractivity contribution in [1.29, 1.82) is 0 Å². The molecule has 0 bridgehead atoms. The lowest BCUT2D eigenvalue weighted by atomic mass is 10.0. The highest BCUT2D eigenvalue weighted by molar-refractivity contribution is 6.23. The van der Waals surface area contributed by atoms with Crippen LogP contribution in [-0.4, -0.2) is 23.9 Å². The quantitative estimate of drug-likeness (QED) is 0.188. The van der Waals surface area contributed by atoms with Gasteiger partial charge in [-0.05, 0) is 70.8 Å². The number of hydrogen-bond acceptors (Lipinski definition) is 3. The van der Waals surface area contributed by atoms with Gasteiger partial charge in [0.05, 0.1) is 27.6 Å². The van der Waals surface area contributed by atoms with Crippen molar-refractivity contribution < 1.29 is 0 Å². The Morgan fingerprint density at radius 1 is 0.346 bits per heavy atom. The molecule has 0 saturated heterocycles. The van der Waals surface area contributed by atoms with Crippen molar-refractivity contribution in [1.82, 2.24) is 23.9 Å². The summed E-state index contributed by atoms with van der Waals surface area (Å²) in [6.45, 7) is 0. The first-order valence-electron chi connectivity index (χ1n) is 17.5. The van der Waals surface area contributed by atoms with Crippen molar-refractivity contribution in [3.05, 3.63) is 176 Å². The van der Waals surface area contributed by atoms with E-state index in [0.29, 0.717) is 17.5 Å². The van der Waals surface area contributed by atoms with Crippen LogP contribution in [0.3, 0.4) is 0 Å². The van der Waals surface area contributed by atoms with E-state index in [2.05, 4.69) is 155 Å². The van der Waals surface area contributed by atoms with Crippen molar-refractivity contribution in [2.24, 2.45) is 0 Å². The van der Waals surface area contributed by atoms with Gasteiger partial charge in [0.25, 0.3) is 0 Å². The van der Waals surface area contributed by atoms with Crippen LogP contribution in [0.5, 0.6) is 0 Å². The first kappa shape index (κ1) is 28.7. The monoisotopic (exact) mass is 663 g/mol. The third-order valence-electron chi connectivity index (χ3n) is 10.3. The fourth-order valence-electron chi connectivity index (χ4n) is 7.93. The standard InChI is InChI=1S/C47H29N5/c1-2-12-32(13-3-1)45-48-46(50-47(49-45)35-22-21-30-11-4-5-14-34(30)29-35)33-23-26-36(27-24-33)51-40-18-8-9-19-41(40)52-39-17-7-6-16-37(39)38-28-25-31-15-10-20-42(51)43(31)44(38)52/h1-29H. The van der Waals surface area contributed by atoms with Gasteiger partial charge in [-0.1, -0.05) is 121 Å². The van der Waals surface area contributed by atoms with E-state index in [0.717, 1.165) is 44.3 Å². The van der Waals surface area contributed by atoms with Crippen LogP contribution in [0, 0.1) is 0 Å². The Hall–Kier alpha value is -7.11.